The monoisotopic (exact) mass is 547 g/mol. The zero-order valence-corrected chi connectivity index (χ0v) is 23.2. The van der Waals surface area contributed by atoms with Crippen LogP contribution in [0.15, 0.2) is 40.9 Å². The van der Waals surface area contributed by atoms with Crippen molar-refractivity contribution in [3.63, 3.8) is 0 Å². The minimum atomic E-state index is -0.521. The maximum absolute atomic E-state index is 13.7. The van der Waals surface area contributed by atoms with Crippen LogP contribution in [0, 0.1) is 13.8 Å². The molecule has 4 heterocycles. The Hall–Kier alpha value is -4.02. The van der Waals surface area contributed by atoms with Gasteiger partial charge in [-0.2, -0.15) is 5.10 Å². The standard InChI is InChI=1S/C29H37N7O4/c1-20-17-23(40-33-20)19-27(38)34-13-8-12-26(37)35-14-7-6-11-25(35)29(39)31-24(18-22-9-4-3-5-10-22)28-30-21(2)32-36(28)16-15-34/h3-5,9-10,17,24-25H,6-8,11-16,18-19H2,1-2H3,(H,31,39)/t24-,25+/m1/s1. The van der Waals surface area contributed by atoms with Gasteiger partial charge in [-0.1, -0.05) is 35.5 Å². The predicted molar refractivity (Wildman–Crippen MR) is 146 cm³/mol. The molecule has 1 aromatic carbocycles. The van der Waals surface area contributed by atoms with E-state index in [0.717, 1.165) is 24.1 Å². The second-order valence-electron chi connectivity index (χ2n) is 10.7. The highest BCUT2D eigenvalue weighted by Crippen LogP contribution is 2.23. The summed E-state index contributed by atoms with van der Waals surface area (Å²) in [6.07, 6.45) is 3.79. The molecule has 0 unspecified atom stereocenters. The van der Waals surface area contributed by atoms with E-state index in [0.29, 0.717) is 62.9 Å². The summed E-state index contributed by atoms with van der Waals surface area (Å²) in [6.45, 7) is 5.41. The van der Waals surface area contributed by atoms with Gasteiger partial charge in [0.15, 0.2) is 0 Å². The van der Waals surface area contributed by atoms with E-state index >= 15 is 0 Å². The van der Waals surface area contributed by atoms with Crippen molar-refractivity contribution in [2.24, 2.45) is 0 Å². The van der Waals surface area contributed by atoms with Crippen molar-refractivity contribution in [3.8, 4) is 0 Å². The molecule has 2 atom stereocenters. The maximum Gasteiger partial charge on any atom is 0.243 e. The number of aromatic nitrogens is 4. The summed E-state index contributed by atoms with van der Waals surface area (Å²) in [7, 11) is 0. The summed E-state index contributed by atoms with van der Waals surface area (Å²) in [5, 5.41) is 11.8. The van der Waals surface area contributed by atoms with E-state index in [-0.39, 0.29) is 30.6 Å². The van der Waals surface area contributed by atoms with Crippen molar-refractivity contribution in [2.45, 2.75) is 77.4 Å². The van der Waals surface area contributed by atoms with Crippen LogP contribution in [0.3, 0.4) is 0 Å². The molecule has 2 aromatic heterocycles. The fraction of sp³-hybridized carbons (Fsp3) is 0.517. The number of rotatable bonds is 4. The van der Waals surface area contributed by atoms with Gasteiger partial charge in [0.05, 0.1) is 24.7 Å². The van der Waals surface area contributed by atoms with Crippen LogP contribution in [-0.4, -0.2) is 73.1 Å². The van der Waals surface area contributed by atoms with E-state index in [1.54, 1.807) is 20.5 Å². The number of aryl methyl sites for hydroxylation is 2. The molecule has 1 saturated heterocycles. The molecule has 0 aliphatic carbocycles. The molecule has 212 valence electrons. The zero-order chi connectivity index (χ0) is 28.1. The third kappa shape index (κ3) is 6.57. The highest BCUT2D eigenvalue weighted by molar-refractivity contribution is 5.88. The Morgan fingerprint density at radius 2 is 1.88 bits per heavy atom. The maximum atomic E-state index is 13.7. The molecule has 0 spiro atoms. The Kier molecular flexibility index (Phi) is 8.57. The van der Waals surface area contributed by atoms with Crippen LogP contribution in [0.4, 0.5) is 0 Å². The summed E-state index contributed by atoms with van der Waals surface area (Å²) in [4.78, 5) is 48.5. The fourth-order valence-corrected chi connectivity index (χ4v) is 5.62. The number of nitrogens with one attached hydrogen (secondary N) is 1. The molecule has 2 aliphatic rings. The normalized spacial score (nSPS) is 20.9. The molecular formula is C29H37N7O4. The van der Waals surface area contributed by atoms with Gasteiger partial charge in [-0.3, -0.25) is 14.4 Å². The fourth-order valence-electron chi connectivity index (χ4n) is 5.62. The number of nitrogens with zero attached hydrogens (tertiary/aromatic N) is 6. The third-order valence-electron chi connectivity index (χ3n) is 7.60. The van der Waals surface area contributed by atoms with Crippen LogP contribution in [0.2, 0.25) is 0 Å². The Labute approximate surface area is 233 Å². The van der Waals surface area contributed by atoms with Gasteiger partial charge in [0.1, 0.15) is 23.5 Å². The molecule has 3 amide bonds. The van der Waals surface area contributed by atoms with Gasteiger partial charge in [0, 0.05) is 32.1 Å². The largest absolute Gasteiger partial charge is 0.361 e. The van der Waals surface area contributed by atoms with E-state index in [1.165, 1.54) is 0 Å². The number of carbonyl (C=O) groups excluding carboxylic acids is 3. The molecule has 5 rings (SSSR count). The van der Waals surface area contributed by atoms with Crippen LogP contribution in [0.5, 0.6) is 0 Å². The van der Waals surface area contributed by atoms with E-state index < -0.39 is 12.1 Å². The molecule has 11 nitrogen and oxygen atoms in total. The van der Waals surface area contributed by atoms with E-state index in [1.807, 2.05) is 44.2 Å². The lowest BCUT2D eigenvalue weighted by Gasteiger charge is -2.36. The first-order valence-corrected chi connectivity index (χ1v) is 14.1. The van der Waals surface area contributed by atoms with E-state index in [9.17, 15) is 14.4 Å². The minimum Gasteiger partial charge on any atom is -0.361 e. The highest BCUT2D eigenvalue weighted by Gasteiger charge is 2.34. The van der Waals surface area contributed by atoms with Crippen LogP contribution in [0.25, 0.3) is 0 Å². The molecule has 0 saturated carbocycles. The van der Waals surface area contributed by atoms with Crippen molar-refractivity contribution < 1.29 is 18.9 Å². The second kappa shape index (κ2) is 12.4. The molecule has 1 N–H and O–H groups in total. The molecule has 0 bridgehead atoms. The number of hydrogen-bond donors (Lipinski definition) is 1. The number of amides is 3. The van der Waals surface area contributed by atoms with Gasteiger partial charge in [0.2, 0.25) is 17.7 Å². The van der Waals surface area contributed by atoms with Gasteiger partial charge < -0.3 is 19.6 Å². The summed E-state index contributed by atoms with van der Waals surface area (Å²) in [6, 6.07) is 10.7. The number of carbonyl (C=O) groups is 3. The zero-order valence-electron chi connectivity index (χ0n) is 23.2. The number of benzene rings is 1. The average molecular weight is 548 g/mol. The number of piperidine rings is 1. The third-order valence-corrected chi connectivity index (χ3v) is 7.60. The molecule has 40 heavy (non-hydrogen) atoms. The van der Waals surface area contributed by atoms with Gasteiger partial charge >= 0.3 is 0 Å². The lowest BCUT2D eigenvalue weighted by Crippen LogP contribution is -2.53. The van der Waals surface area contributed by atoms with Gasteiger partial charge in [-0.15, -0.1) is 0 Å². The summed E-state index contributed by atoms with van der Waals surface area (Å²) in [5.41, 5.74) is 1.77. The van der Waals surface area contributed by atoms with E-state index in [2.05, 4.69) is 15.6 Å². The van der Waals surface area contributed by atoms with Crippen molar-refractivity contribution in [2.75, 3.05) is 19.6 Å². The lowest BCUT2D eigenvalue weighted by atomic mass is 9.99. The second-order valence-corrected chi connectivity index (χ2v) is 10.7. The Balaban J connectivity index is 1.46. The molecule has 3 aromatic rings. The van der Waals surface area contributed by atoms with Crippen LogP contribution in [0.1, 0.15) is 66.8 Å². The first-order valence-electron chi connectivity index (χ1n) is 14.1. The molecule has 0 radical (unpaired) electrons. The van der Waals surface area contributed by atoms with E-state index in [4.69, 9.17) is 9.51 Å². The van der Waals surface area contributed by atoms with Crippen molar-refractivity contribution in [1.82, 2.24) is 35.0 Å². The topological polar surface area (TPSA) is 126 Å². The van der Waals surface area contributed by atoms with Gasteiger partial charge in [-0.25, -0.2) is 9.67 Å². The number of hydrogen-bond acceptors (Lipinski definition) is 7. The summed E-state index contributed by atoms with van der Waals surface area (Å²) in [5.74, 6) is 1.44. The first kappa shape index (κ1) is 27.5. The Morgan fingerprint density at radius 1 is 1.05 bits per heavy atom. The molecule has 11 heteroatoms. The lowest BCUT2D eigenvalue weighted by molar-refractivity contribution is -0.143. The van der Waals surface area contributed by atoms with Gasteiger partial charge in [-0.05, 0) is 51.5 Å². The van der Waals surface area contributed by atoms with Crippen LogP contribution in [-0.2, 0) is 33.8 Å². The Morgan fingerprint density at radius 3 is 2.65 bits per heavy atom. The SMILES string of the molecule is Cc1cc(CC(=O)N2CCCC(=O)N3CCCC[C@H]3C(=O)N[C@H](Cc3ccccc3)c3nc(C)nn3CC2)on1. The molecule has 1 fully saturated rings. The smallest absolute Gasteiger partial charge is 0.243 e. The quantitative estimate of drug-likeness (QED) is 0.532. The molecule has 2 aliphatic heterocycles. The number of fused-ring (bicyclic) bond motifs is 2. The molecular weight excluding hydrogens is 510 g/mol. The van der Waals surface area contributed by atoms with Crippen molar-refractivity contribution in [3.05, 3.63) is 65.1 Å². The average Bonchev–Trinajstić information content (AvgIpc) is 3.54. The summed E-state index contributed by atoms with van der Waals surface area (Å²) < 4.78 is 7.09. The first-order chi connectivity index (χ1) is 19.4. The Bertz CT molecular complexity index is 1340. The summed E-state index contributed by atoms with van der Waals surface area (Å²) >= 11 is 0. The minimum absolute atomic E-state index is 0.0474. The van der Waals surface area contributed by atoms with Crippen molar-refractivity contribution in [1.29, 1.82) is 0 Å². The highest BCUT2D eigenvalue weighted by atomic mass is 16.5. The van der Waals surface area contributed by atoms with Crippen LogP contribution < -0.4 is 5.32 Å². The van der Waals surface area contributed by atoms with Crippen molar-refractivity contribution >= 4 is 17.7 Å². The van der Waals surface area contributed by atoms with Gasteiger partial charge in [0.25, 0.3) is 0 Å². The predicted octanol–water partition coefficient (Wildman–Crippen LogP) is 2.53. The van der Waals surface area contributed by atoms with Crippen LogP contribution >= 0.6 is 0 Å².